The molecule has 1 rings (SSSR count). The number of halogens is 3. The van der Waals surface area contributed by atoms with Crippen LogP contribution in [0.2, 0.25) is 0 Å². The van der Waals surface area contributed by atoms with Crippen molar-refractivity contribution in [3.63, 3.8) is 0 Å². The molecule has 0 aliphatic carbocycles. The summed E-state index contributed by atoms with van der Waals surface area (Å²) in [7, 11) is 0. The van der Waals surface area contributed by atoms with E-state index in [-0.39, 0.29) is 11.2 Å². The molecule has 0 bridgehead atoms. The molecule has 0 saturated heterocycles. The molecule has 0 N–H and O–H groups in total. The van der Waals surface area contributed by atoms with Gasteiger partial charge in [0, 0.05) is 9.80 Å². The minimum atomic E-state index is -0.169. The highest BCUT2D eigenvalue weighted by molar-refractivity contribution is 9.10. The number of alkyl halides is 1. The Morgan fingerprint density at radius 1 is 1.31 bits per heavy atom. The van der Waals surface area contributed by atoms with Crippen LogP contribution in [0.4, 0.5) is 4.39 Å². The van der Waals surface area contributed by atoms with E-state index in [0.717, 1.165) is 34.6 Å². The monoisotopic (exact) mass is 350 g/mol. The average molecular weight is 352 g/mol. The van der Waals surface area contributed by atoms with Crippen molar-refractivity contribution in [1.29, 1.82) is 0 Å². The Bertz CT molecular complexity index is 332. The standard InChI is InChI=1S/C13H17Br2F/c1-3-4-13(2,9-14)8-10-5-11(15)7-12(16)6-10/h5-7H,3-4,8-9H2,1-2H3. The van der Waals surface area contributed by atoms with Gasteiger partial charge in [-0.2, -0.15) is 0 Å². The van der Waals surface area contributed by atoms with Crippen LogP contribution >= 0.6 is 31.9 Å². The Hall–Kier alpha value is 0.110. The Morgan fingerprint density at radius 3 is 2.50 bits per heavy atom. The molecule has 90 valence electrons. The molecule has 3 heteroatoms. The van der Waals surface area contributed by atoms with Crippen LogP contribution in [0.3, 0.4) is 0 Å². The third-order valence-corrected chi connectivity index (χ3v) is 4.54. The molecule has 1 aromatic rings. The van der Waals surface area contributed by atoms with Crippen LogP contribution in [0.1, 0.15) is 32.3 Å². The van der Waals surface area contributed by atoms with E-state index in [0.29, 0.717) is 0 Å². The molecule has 1 atom stereocenters. The zero-order chi connectivity index (χ0) is 12.2. The SMILES string of the molecule is CCCC(C)(CBr)Cc1cc(F)cc(Br)c1. The van der Waals surface area contributed by atoms with Gasteiger partial charge in [0.2, 0.25) is 0 Å². The van der Waals surface area contributed by atoms with Gasteiger partial charge < -0.3 is 0 Å². The zero-order valence-corrected chi connectivity index (χ0v) is 12.9. The van der Waals surface area contributed by atoms with E-state index in [2.05, 4.69) is 45.7 Å². The Kier molecular flexibility index (Phi) is 5.45. The lowest BCUT2D eigenvalue weighted by Crippen LogP contribution is -2.21. The van der Waals surface area contributed by atoms with E-state index in [1.807, 2.05) is 6.07 Å². The minimum absolute atomic E-state index is 0.169. The van der Waals surface area contributed by atoms with Gasteiger partial charge >= 0.3 is 0 Å². The lowest BCUT2D eigenvalue weighted by Gasteiger charge is -2.27. The smallest absolute Gasteiger partial charge is 0.124 e. The minimum Gasteiger partial charge on any atom is -0.207 e. The van der Waals surface area contributed by atoms with Crippen molar-refractivity contribution in [3.05, 3.63) is 34.1 Å². The number of benzene rings is 1. The highest BCUT2D eigenvalue weighted by Crippen LogP contribution is 2.31. The van der Waals surface area contributed by atoms with E-state index >= 15 is 0 Å². The number of hydrogen-bond acceptors (Lipinski definition) is 0. The van der Waals surface area contributed by atoms with Crippen LogP contribution in [0, 0.1) is 11.2 Å². The maximum absolute atomic E-state index is 13.3. The van der Waals surface area contributed by atoms with Crippen molar-refractivity contribution in [2.24, 2.45) is 5.41 Å². The maximum Gasteiger partial charge on any atom is 0.124 e. The largest absolute Gasteiger partial charge is 0.207 e. The summed E-state index contributed by atoms with van der Waals surface area (Å²) in [6, 6.07) is 5.12. The first-order chi connectivity index (χ1) is 7.49. The van der Waals surface area contributed by atoms with Gasteiger partial charge in [-0.3, -0.25) is 0 Å². The average Bonchev–Trinajstić information content (AvgIpc) is 2.16. The lowest BCUT2D eigenvalue weighted by atomic mass is 9.82. The summed E-state index contributed by atoms with van der Waals surface area (Å²) in [4.78, 5) is 0. The van der Waals surface area contributed by atoms with Crippen LogP contribution in [0.25, 0.3) is 0 Å². The van der Waals surface area contributed by atoms with Crippen LogP contribution in [-0.4, -0.2) is 5.33 Å². The molecule has 1 unspecified atom stereocenters. The van der Waals surface area contributed by atoms with Crippen LogP contribution < -0.4 is 0 Å². The molecule has 0 amide bonds. The third kappa shape index (κ3) is 4.17. The fourth-order valence-corrected chi connectivity index (χ4v) is 3.00. The number of hydrogen-bond donors (Lipinski definition) is 0. The normalized spacial score (nSPS) is 14.8. The van der Waals surface area contributed by atoms with Gasteiger partial charge in [0.05, 0.1) is 0 Å². The second-order valence-corrected chi connectivity index (χ2v) is 6.13. The van der Waals surface area contributed by atoms with Gasteiger partial charge in [-0.25, -0.2) is 4.39 Å². The summed E-state index contributed by atoms with van der Waals surface area (Å²) in [5.41, 5.74) is 1.27. The summed E-state index contributed by atoms with van der Waals surface area (Å²) in [5, 5.41) is 0.946. The molecule has 0 heterocycles. The number of rotatable bonds is 5. The van der Waals surface area contributed by atoms with E-state index in [1.54, 1.807) is 6.07 Å². The maximum atomic E-state index is 13.3. The van der Waals surface area contributed by atoms with Gasteiger partial charge in [-0.05, 0) is 42.0 Å². The Morgan fingerprint density at radius 2 is 2.00 bits per heavy atom. The molecular weight excluding hydrogens is 335 g/mol. The van der Waals surface area contributed by atoms with Crippen molar-refractivity contribution in [2.45, 2.75) is 33.1 Å². The zero-order valence-electron chi connectivity index (χ0n) is 9.69. The molecule has 0 fully saturated rings. The van der Waals surface area contributed by atoms with Crippen LogP contribution in [-0.2, 0) is 6.42 Å². The van der Waals surface area contributed by atoms with Crippen molar-refractivity contribution in [1.82, 2.24) is 0 Å². The fraction of sp³-hybridized carbons (Fsp3) is 0.538. The second kappa shape index (κ2) is 6.15. The first kappa shape index (κ1) is 14.2. The van der Waals surface area contributed by atoms with Crippen molar-refractivity contribution in [3.8, 4) is 0 Å². The highest BCUT2D eigenvalue weighted by atomic mass is 79.9. The molecule has 0 radical (unpaired) electrons. The van der Waals surface area contributed by atoms with Crippen LogP contribution in [0.5, 0.6) is 0 Å². The Labute approximate surface area is 114 Å². The topological polar surface area (TPSA) is 0 Å². The first-order valence-electron chi connectivity index (χ1n) is 5.50. The predicted octanol–water partition coefficient (Wildman–Crippen LogP) is 5.33. The predicted molar refractivity (Wildman–Crippen MR) is 74.6 cm³/mol. The summed E-state index contributed by atoms with van der Waals surface area (Å²) < 4.78 is 14.1. The first-order valence-corrected chi connectivity index (χ1v) is 7.41. The lowest BCUT2D eigenvalue weighted by molar-refractivity contribution is 0.340. The third-order valence-electron chi connectivity index (χ3n) is 2.73. The molecule has 0 spiro atoms. The molecule has 0 aliphatic heterocycles. The van der Waals surface area contributed by atoms with E-state index in [4.69, 9.17) is 0 Å². The molecule has 16 heavy (non-hydrogen) atoms. The Balaban J connectivity index is 2.85. The van der Waals surface area contributed by atoms with E-state index < -0.39 is 0 Å². The molecule has 0 saturated carbocycles. The van der Waals surface area contributed by atoms with Crippen LogP contribution in [0.15, 0.2) is 22.7 Å². The molecule has 0 aromatic heterocycles. The van der Waals surface area contributed by atoms with Gasteiger partial charge in [0.1, 0.15) is 5.82 Å². The highest BCUT2D eigenvalue weighted by Gasteiger charge is 2.22. The van der Waals surface area contributed by atoms with Gasteiger partial charge in [0.15, 0.2) is 0 Å². The summed E-state index contributed by atoms with van der Waals surface area (Å²) in [6.45, 7) is 4.42. The summed E-state index contributed by atoms with van der Waals surface area (Å²) in [6.07, 6.45) is 3.20. The summed E-state index contributed by atoms with van der Waals surface area (Å²) >= 11 is 6.89. The van der Waals surface area contributed by atoms with Gasteiger partial charge in [0.25, 0.3) is 0 Å². The quantitative estimate of drug-likeness (QED) is 0.629. The van der Waals surface area contributed by atoms with Crippen molar-refractivity contribution < 1.29 is 4.39 Å². The second-order valence-electron chi connectivity index (χ2n) is 4.65. The van der Waals surface area contributed by atoms with Crippen molar-refractivity contribution in [2.75, 3.05) is 5.33 Å². The molecule has 0 nitrogen and oxygen atoms in total. The van der Waals surface area contributed by atoms with Crippen molar-refractivity contribution >= 4 is 31.9 Å². The molecular formula is C13H17Br2F. The molecule has 0 aliphatic rings. The fourth-order valence-electron chi connectivity index (χ4n) is 2.01. The van der Waals surface area contributed by atoms with E-state index in [1.165, 1.54) is 6.07 Å². The van der Waals surface area contributed by atoms with Gasteiger partial charge in [-0.1, -0.05) is 52.1 Å². The van der Waals surface area contributed by atoms with Gasteiger partial charge in [-0.15, -0.1) is 0 Å². The molecule has 1 aromatic carbocycles. The van der Waals surface area contributed by atoms with E-state index in [9.17, 15) is 4.39 Å². The summed E-state index contributed by atoms with van der Waals surface area (Å²) in [5.74, 6) is -0.169.